The topological polar surface area (TPSA) is 130 Å². The number of aromatic nitrogens is 4. The number of carbonyl (C=O) groups excluding carboxylic acids is 2. The van der Waals surface area contributed by atoms with Crippen LogP contribution in [0.25, 0.3) is 0 Å². The number of hydrogen-bond donors (Lipinski definition) is 1. The Morgan fingerprint density at radius 1 is 1.00 bits per heavy atom. The van der Waals surface area contributed by atoms with E-state index in [1.165, 1.54) is 12.4 Å². The van der Waals surface area contributed by atoms with Crippen molar-refractivity contribution in [1.29, 1.82) is 0 Å². The van der Waals surface area contributed by atoms with Gasteiger partial charge in [0.1, 0.15) is 11.4 Å². The van der Waals surface area contributed by atoms with Crippen LogP contribution < -0.4 is 15.1 Å². The summed E-state index contributed by atoms with van der Waals surface area (Å²) in [4.78, 5) is 44.0. The van der Waals surface area contributed by atoms with Crippen molar-refractivity contribution in [2.24, 2.45) is 0 Å². The van der Waals surface area contributed by atoms with Crippen LogP contribution in [-0.4, -0.2) is 87.4 Å². The molecule has 3 aromatic rings. The highest BCUT2D eigenvalue weighted by atomic mass is 19.3. The molecule has 2 unspecified atom stereocenters. The summed E-state index contributed by atoms with van der Waals surface area (Å²) in [5.74, 6) is -8.34. The Morgan fingerprint density at radius 3 is 2.24 bits per heavy atom. The van der Waals surface area contributed by atoms with Gasteiger partial charge in [-0.15, -0.1) is 0 Å². The highest BCUT2D eigenvalue weighted by molar-refractivity contribution is 5.94. The maximum Gasteiger partial charge on any atom is 0.407 e. The number of nitrogens with zero attached hydrogens (tertiary/aromatic N) is 7. The zero-order valence-electron chi connectivity index (χ0n) is 27.9. The van der Waals surface area contributed by atoms with E-state index in [-0.39, 0.29) is 48.1 Å². The minimum atomic E-state index is -3.23. The van der Waals surface area contributed by atoms with Gasteiger partial charge < -0.3 is 29.3 Å². The third-order valence-corrected chi connectivity index (χ3v) is 8.34. The summed E-state index contributed by atoms with van der Waals surface area (Å²) in [6.45, 7) is 9.13. The van der Waals surface area contributed by atoms with E-state index in [9.17, 15) is 31.5 Å². The largest absolute Gasteiger partial charge is 0.444 e. The Morgan fingerprint density at radius 2 is 1.65 bits per heavy atom. The lowest BCUT2D eigenvalue weighted by molar-refractivity contribution is 0.00557. The fourth-order valence-corrected chi connectivity index (χ4v) is 6.05. The molecule has 0 spiro atoms. The van der Waals surface area contributed by atoms with Gasteiger partial charge in [0.15, 0.2) is 11.6 Å². The average molecular weight is 695 g/mol. The molecule has 2 aliphatic heterocycles. The number of anilines is 2. The number of amides is 2. The van der Waals surface area contributed by atoms with Gasteiger partial charge in [0, 0.05) is 70.1 Å². The third kappa shape index (κ3) is 8.36. The first-order valence-corrected chi connectivity index (χ1v) is 16.0. The number of piperidine rings is 1. The Hall–Kier alpha value is -4.57. The van der Waals surface area contributed by atoms with Crippen LogP contribution in [0, 0.1) is 17.5 Å². The van der Waals surface area contributed by atoms with Gasteiger partial charge in [0.05, 0.1) is 11.6 Å². The maximum absolute atomic E-state index is 14.9. The number of rotatable bonds is 9. The number of benzene rings is 1. The van der Waals surface area contributed by atoms with E-state index in [1.807, 2.05) is 6.92 Å². The molecule has 2 aromatic heterocycles. The Bertz CT molecular complexity index is 1640. The van der Waals surface area contributed by atoms with Gasteiger partial charge in [-0.1, -0.05) is 12.1 Å². The summed E-state index contributed by atoms with van der Waals surface area (Å²) in [6.07, 6.45) is 3.76. The Balaban J connectivity index is 1.28. The molecule has 2 aliphatic rings. The molecule has 1 aromatic carbocycles. The second-order valence-electron chi connectivity index (χ2n) is 13.3. The molecule has 2 saturated heterocycles. The lowest BCUT2D eigenvalue weighted by atomic mass is 9.93. The molecule has 0 bridgehead atoms. The summed E-state index contributed by atoms with van der Waals surface area (Å²) in [5, 5.41) is 6.09. The van der Waals surface area contributed by atoms with Gasteiger partial charge in [0.2, 0.25) is 11.8 Å². The number of alkyl carbamates (subject to hydrolysis) is 1. The predicted octanol–water partition coefficient (Wildman–Crippen LogP) is 5.41. The minimum absolute atomic E-state index is 0.00678. The molecule has 5 rings (SSSR count). The van der Waals surface area contributed by atoms with E-state index in [1.54, 1.807) is 35.5 Å². The van der Waals surface area contributed by atoms with Crippen LogP contribution in [0.4, 0.5) is 38.7 Å². The summed E-state index contributed by atoms with van der Waals surface area (Å²) >= 11 is 0. The Labute approximate surface area is 280 Å². The minimum Gasteiger partial charge on any atom is -0.444 e. The lowest BCUT2D eigenvalue weighted by Gasteiger charge is -2.37. The van der Waals surface area contributed by atoms with E-state index >= 15 is 0 Å². The Kier molecular flexibility index (Phi) is 10.3. The molecule has 49 heavy (non-hydrogen) atoms. The zero-order valence-corrected chi connectivity index (χ0v) is 27.9. The fraction of sp³-hybridized carbons (Fsp3) is 0.562. The monoisotopic (exact) mass is 694 g/mol. The van der Waals surface area contributed by atoms with Gasteiger partial charge >= 0.3 is 18.0 Å². The molecule has 1 N–H and O–H groups in total. The second kappa shape index (κ2) is 14.1. The van der Waals surface area contributed by atoms with Crippen molar-refractivity contribution in [2.45, 2.75) is 83.4 Å². The van der Waals surface area contributed by atoms with Gasteiger partial charge in [-0.25, -0.2) is 27.9 Å². The standard InChI is InChI=1S/C32H39F5N8O4/c1-6-9-45(19-7-10-43(11-8-19)29-41-27(42-49-29)32(5,36)37)26(46)18-14-38-28(39-15-18)44-16-21(20-12-23(34)24(35)13-22(20)33)25(17-44)40-30(47)48-31(2,3)4/h12-15,19,21,25H,6-11,16-17H2,1-5H3,(H,40,47). The molecule has 17 heteroatoms. The SMILES string of the molecule is CCCN(C(=O)c1cnc(N2CC(NC(=O)OC(C)(C)C)C(c3cc(F)c(F)cc3F)C2)nc1)C1CCN(c2nc(C(C)(F)F)no2)CC1. The number of ether oxygens (including phenoxy) is 1. The molecule has 2 atom stereocenters. The van der Waals surface area contributed by atoms with Crippen LogP contribution in [-0.2, 0) is 10.7 Å². The molecule has 0 aliphatic carbocycles. The van der Waals surface area contributed by atoms with Crippen molar-refractivity contribution in [2.75, 3.05) is 42.5 Å². The molecular weight excluding hydrogens is 655 g/mol. The first-order valence-electron chi connectivity index (χ1n) is 16.0. The summed E-state index contributed by atoms with van der Waals surface area (Å²) in [5.41, 5.74) is -0.706. The van der Waals surface area contributed by atoms with Crippen molar-refractivity contribution < 1.29 is 40.8 Å². The van der Waals surface area contributed by atoms with Crippen molar-refractivity contribution in [3.63, 3.8) is 0 Å². The van der Waals surface area contributed by atoms with Gasteiger partial charge in [-0.05, 0) is 51.7 Å². The quantitative estimate of drug-likeness (QED) is 0.229. The van der Waals surface area contributed by atoms with E-state index < -0.39 is 52.9 Å². The smallest absolute Gasteiger partial charge is 0.407 e. The molecule has 0 saturated carbocycles. The van der Waals surface area contributed by atoms with E-state index in [4.69, 9.17) is 9.26 Å². The summed E-state index contributed by atoms with van der Waals surface area (Å²) in [6, 6.07) is 0.328. The van der Waals surface area contributed by atoms with Crippen molar-refractivity contribution in [3.8, 4) is 0 Å². The normalized spacial score (nSPS) is 18.9. The van der Waals surface area contributed by atoms with Gasteiger partial charge in [0.25, 0.3) is 5.91 Å². The molecule has 0 radical (unpaired) electrons. The number of halogens is 5. The summed E-state index contributed by atoms with van der Waals surface area (Å²) < 4.78 is 80.4. The van der Waals surface area contributed by atoms with Crippen molar-refractivity contribution >= 4 is 24.0 Å². The van der Waals surface area contributed by atoms with Crippen LogP contribution >= 0.6 is 0 Å². The average Bonchev–Trinajstić information content (AvgIpc) is 3.69. The van der Waals surface area contributed by atoms with E-state index in [0.29, 0.717) is 51.9 Å². The van der Waals surface area contributed by atoms with E-state index in [0.717, 1.165) is 6.07 Å². The third-order valence-electron chi connectivity index (χ3n) is 8.34. The molecule has 2 fully saturated rings. The number of nitrogens with one attached hydrogen (secondary N) is 1. The second-order valence-corrected chi connectivity index (χ2v) is 13.3. The van der Waals surface area contributed by atoms with Crippen LogP contribution in [0.3, 0.4) is 0 Å². The molecular formula is C32H39F5N8O4. The molecule has 4 heterocycles. The number of carbonyl (C=O) groups is 2. The van der Waals surface area contributed by atoms with Crippen LogP contribution in [0.5, 0.6) is 0 Å². The maximum atomic E-state index is 14.9. The van der Waals surface area contributed by atoms with Crippen molar-refractivity contribution in [1.82, 2.24) is 30.3 Å². The lowest BCUT2D eigenvalue weighted by Crippen LogP contribution is -2.48. The van der Waals surface area contributed by atoms with Crippen LogP contribution in [0.15, 0.2) is 29.0 Å². The first kappa shape index (κ1) is 35.7. The molecule has 12 nitrogen and oxygen atoms in total. The highest BCUT2D eigenvalue weighted by Gasteiger charge is 2.39. The first-order chi connectivity index (χ1) is 23.0. The molecule has 266 valence electrons. The molecule has 2 amide bonds. The predicted molar refractivity (Wildman–Crippen MR) is 167 cm³/mol. The zero-order chi connectivity index (χ0) is 35.7. The number of alkyl halides is 2. The van der Waals surface area contributed by atoms with Crippen LogP contribution in [0.2, 0.25) is 0 Å². The fourth-order valence-electron chi connectivity index (χ4n) is 6.05. The number of hydrogen-bond acceptors (Lipinski definition) is 10. The highest BCUT2D eigenvalue weighted by Crippen LogP contribution is 2.33. The van der Waals surface area contributed by atoms with Crippen LogP contribution in [0.1, 0.15) is 81.5 Å². The van der Waals surface area contributed by atoms with Gasteiger partial charge in [-0.2, -0.15) is 13.8 Å². The van der Waals surface area contributed by atoms with Gasteiger partial charge in [-0.3, -0.25) is 4.79 Å². The summed E-state index contributed by atoms with van der Waals surface area (Å²) in [7, 11) is 0. The van der Waals surface area contributed by atoms with Crippen molar-refractivity contribution in [3.05, 3.63) is 58.9 Å². The van der Waals surface area contributed by atoms with E-state index in [2.05, 4.69) is 25.4 Å².